The molecule has 0 aliphatic heterocycles. The summed E-state index contributed by atoms with van der Waals surface area (Å²) < 4.78 is 55.0. The fraction of sp³-hybridized carbons (Fsp3) is 0.185. The van der Waals surface area contributed by atoms with Crippen LogP contribution in [0.2, 0.25) is 0 Å². The van der Waals surface area contributed by atoms with Gasteiger partial charge in [0.15, 0.2) is 0 Å². The quantitative estimate of drug-likeness (QED) is 0.206. The Morgan fingerprint density at radius 1 is 0.821 bits per heavy atom. The van der Waals surface area contributed by atoms with Crippen LogP contribution in [0, 0.1) is 6.92 Å². The van der Waals surface area contributed by atoms with Crippen LogP contribution in [0.3, 0.4) is 0 Å². The number of aromatic nitrogens is 2. The van der Waals surface area contributed by atoms with Crippen molar-refractivity contribution in [3.8, 4) is 0 Å². The van der Waals surface area contributed by atoms with Gasteiger partial charge < -0.3 is 10.6 Å². The molecule has 0 unspecified atom stereocenters. The molecule has 202 valence electrons. The highest BCUT2D eigenvalue weighted by atomic mass is 32.2. The molecule has 0 radical (unpaired) electrons. The topological polar surface area (TPSA) is 142 Å². The first-order chi connectivity index (χ1) is 18.7. The lowest BCUT2D eigenvalue weighted by molar-refractivity contribution is 0.580. The van der Waals surface area contributed by atoms with Gasteiger partial charge in [-0.05, 0) is 67.8 Å². The number of rotatable bonds is 11. The summed E-state index contributed by atoms with van der Waals surface area (Å²) in [6, 6.07) is 22.5. The second kappa shape index (κ2) is 11.0. The first kappa shape index (κ1) is 26.6. The van der Waals surface area contributed by atoms with Crippen LogP contribution in [0.25, 0.3) is 0 Å². The number of para-hydroxylation sites is 1. The predicted molar refractivity (Wildman–Crippen MR) is 152 cm³/mol. The van der Waals surface area contributed by atoms with E-state index < -0.39 is 20.0 Å². The number of anilines is 5. The Labute approximate surface area is 228 Å². The largest absolute Gasteiger partial charge is 0.340 e. The van der Waals surface area contributed by atoms with Crippen molar-refractivity contribution in [2.75, 3.05) is 15.4 Å². The molecule has 12 heteroatoms. The van der Waals surface area contributed by atoms with Crippen molar-refractivity contribution in [1.29, 1.82) is 0 Å². The van der Waals surface area contributed by atoms with Crippen LogP contribution in [-0.4, -0.2) is 32.1 Å². The van der Waals surface area contributed by atoms with Crippen LogP contribution < -0.4 is 20.1 Å². The highest BCUT2D eigenvalue weighted by molar-refractivity contribution is 7.92. The van der Waals surface area contributed by atoms with Crippen molar-refractivity contribution in [3.63, 3.8) is 0 Å². The minimum Gasteiger partial charge on any atom is -0.340 e. The molecule has 0 atom stereocenters. The first-order valence-electron chi connectivity index (χ1n) is 12.3. The lowest BCUT2D eigenvalue weighted by Gasteiger charge is -2.13. The lowest BCUT2D eigenvalue weighted by Crippen LogP contribution is -2.26. The van der Waals surface area contributed by atoms with Crippen LogP contribution in [0.15, 0.2) is 90.0 Å². The summed E-state index contributed by atoms with van der Waals surface area (Å²) in [6.45, 7) is 2.12. The number of nitrogens with one attached hydrogen (secondary N) is 4. The van der Waals surface area contributed by atoms with Gasteiger partial charge in [-0.25, -0.2) is 26.5 Å². The molecular weight excluding hydrogens is 536 g/mol. The molecule has 1 heterocycles. The van der Waals surface area contributed by atoms with E-state index in [1.165, 1.54) is 12.1 Å². The standard InChI is InChI=1S/C27H28N6O4S2/c1-19-17-28-27(31-23-8-5-9-25(16-23)39(36,37)33-22-6-3-2-4-7-22)32-26(19)30-21-12-10-20(11-13-21)18-29-38(34,35)24-14-15-24/h2-13,16-17,24,29,33H,14-15,18H2,1H3,(H2,28,30,31,32). The van der Waals surface area contributed by atoms with Gasteiger partial charge in [0.1, 0.15) is 5.82 Å². The number of nitrogens with zero attached hydrogens (tertiary/aromatic N) is 2. The van der Waals surface area contributed by atoms with Crippen LogP contribution in [-0.2, 0) is 26.6 Å². The summed E-state index contributed by atoms with van der Waals surface area (Å²) >= 11 is 0. The zero-order valence-corrected chi connectivity index (χ0v) is 22.8. The maximum atomic E-state index is 12.8. The smallest absolute Gasteiger partial charge is 0.261 e. The third kappa shape index (κ3) is 6.91. The molecule has 0 spiro atoms. The summed E-state index contributed by atoms with van der Waals surface area (Å²) in [5, 5.41) is 6.07. The van der Waals surface area contributed by atoms with Gasteiger partial charge in [0, 0.05) is 35.4 Å². The third-order valence-electron chi connectivity index (χ3n) is 6.06. The third-order valence-corrected chi connectivity index (χ3v) is 9.33. The van der Waals surface area contributed by atoms with Crippen LogP contribution >= 0.6 is 0 Å². The second-order valence-corrected chi connectivity index (χ2v) is 13.0. The fourth-order valence-electron chi connectivity index (χ4n) is 3.74. The minimum atomic E-state index is -3.78. The van der Waals surface area contributed by atoms with Crippen LogP contribution in [0.5, 0.6) is 0 Å². The van der Waals surface area contributed by atoms with E-state index in [4.69, 9.17) is 0 Å². The summed E-state index contributed by atoms with van der Waals surface area (Å²) in [6.07, 6.45) is 3.11. The Kier molecular flexibility index (Phi) is 7.51. The molecule has 3 aromatic carbocycles. The van der Waals surface area contributed by atoms with Crippen molar-refractivity contribution in [2.24, 2.45) is 0 Å². The minimum absolute atomic E-state index is 0.0984. The molecule has 1 aliphatic rings. The Morgan fingerprint density at radius 3 is 2.26 bits per heavy atom. The number of hydrogen-bond acceptors (Lipinski definition) is 8. The van der Waals surface area contributed by atoms with Gasteiger partial charge in [-0.1, -0.05) is 36.4 Å². The van der Waals surface area contributed by atoms with E-state index in [0.717, 1.165) is 29.7 Å². The average Bonchev–Trinajstić information content (AvgIpc) is 3.78. The van der Waals surface area contributed by atoms with E-state index >= 15 is 0 Å². The van der Waals surface area contributed by atoms with E-state index in [1.54, 1.807) is 42.6 Å². The molecule has 5 rings (SSSR count). The molecule has 0 bridgehead atoms. The molecule has 1 aromatic heterocycles. The monoisotopic (exact) mass is 564 g/mol. The van der Waals surface area contributed by atoms with E-state index in [2.05, 4.69) is 30.0 Å². The summed E-state index contributed by atoms with van der Waals surface area (Å²) in [4.78, 5) is 8.97. The lowest BCUT2D eigenvalue weighted by atomic mass is 10.2. The summed E-state index contributed by atoms with van der Waals surface area (Å²) in [5.74, 6) is 0.865. The fourth-order valence-corrected chi connectivity index (χ4v) is 6.21. The van der Waals surface area contributed by atoms with E-state index in [9.17, 15) is 16.8 Å². The zero-order valence-electron chi connectivity index (χ0n) is 21.1. The normalized spacial score (nSPS) is 13.6. The van der Waals surface area contributed by atoms with Crippen molar-refractivity contribution in [1.82, 2.24) is 14.7 Å². The number of hydrogen-bond donors (Lipinski definition) is 4. The van der Waals surface area contributed by atoms with Gasteiger partial charge in [-0.3, -0.25) is 4.72 Å². The second-order valence-electron chi connectivity index (χ2n) is 9.24. The highest BCUT2D eigenvalue weighted by Crippen LogP contribution is 2.28. The average molecular weight is 565 g/mol. The Balaban J connectivity index is 1.25. The Hall–Kier alpha value is -4.00. The highest BCUT2D eigenvalue weighted by Gasteiger charge is 2.35. The van der Waals surface area contributed by atoms with Gasteiger partial charge in [0.25, 0.3) is 10.0 Å². The molecule has 39 heavy (non-hydrogen) atoms. The van der Waals surface area contributed by atoms with Crippen LogP contribution in [0.4, 0.5) is 28.8 Å². The van der Waals surface area contributed by atoms with Gasteiger partial charge in [-0.15, -0.1) is 0 Å². The molecule has 1 fully saturated rings. The number of benzene rings is 3. The van der Waals surface area contributed by atoms with Crippen molar-refractivity contribution in [3.05, 3.63) is 96.2 Å². The number of sulfonamides is 2. The molecule has 4 N–H and O–H groups in total. The maximum Gasteiger partial charge on any atom is 0.261 e. The molecule has 0 amide bonds. The number of aryl methyl sites for hydroxylation is 1. The SMILES string of the molecule is Cc1cnc(Nc2cccc(S(=O)(=O)Nc3ccccc3)c2)nc1Nc1ccc(CNS(=O)(=O)C2CC2)cc1. The van der Waals surface area contributed by atoms with E-state index in [-0.39, 0.29) is 16.7 Å². The van der Waals surface area contributed by atoms with Crippen molar-refractivity contribution in [2.45, 2.75) is 36.5 Å². The Bertz CT molecular complexity index is 1680. The molecular formula is C27H28N6O4S2. The molecule has 1 aliphatic carbocycles. The maximum absolute atomic E-state index is 12.8. The predicted octanol–water partition coefficient (Wildman–Crippen LogP) is 4.65. The van der Waals surface area contributed by atoms with Gasteiger partial charge in [-0.2, -0.15) is 4.98 Å². The molecule has 10 nitrogen and oxygen atoms in total. The van der Waals surface area contributed by atoms with E-state index in [1.807, 2.05) is 37.3 Å². The van der Waals surface area contributed by atoms with Gasteiger partial charge >= 0.3 is 0 Å². The van der Waals surface area contributed by atoms with E-state index in [0.29, 0.717) is 23.1 Å². The molecule has 4 aromatic rings. The zero-order chi connectivity index (χ0) is 27.5. The summed E-state index contributed by atoms with van der Waals surface area (Å²) in [7, 11) is -7.01. The van der Waals surface area contributed by atoms with Gasteiger partial charge in [0.05, 0.1) is 10.1 Å². The van der Waals surface area contributed by atoms with Crippen molar-refractivity contribution < 1.29 is 16.8 Å². The van der Waals surface area contributed by atoms with Crippen LogP contribution in [0.1, 0.15) is 24.0 Å². The first-order valence-corrected chi connectivity index (χ1v) is 15.3. The summed E-state index contributed by atoms with van der Waals surface area (Å²) in [5.41, 5.74) is 3.42. The van der Waals surface area contributed by atoms with Crippen molar-refractivity contribution >= 4 is 48.9 Å². The van der Waals surface area contributed by atoms with Gasteiger partial charge in [0.2, 0.25) is 16.0 Å². The molecule has 1 saturated carbocycles. The Morgan fingerprint density at radius 2 is 1.54 bits per heavy atom. The molecule has 0 saturated heterocycles.